The van der Waals surface area contributed by atoms with Gasteiger partial charge in [0.25, 0.3) is 0 Å². The van der Waals surface area contributed by atoms with Crippen LogP contribution in [0.2, 0.25) is 0 Å². The third-order valence-electron chi connectivity index (χ3n) is 4.50. The van der Waals surface area contributed by atoms with E-state index in [-0.39, 0.29) is 5.91 Å². The minimum absolute atomic E-state index is 0.177. The van der Waals surface area contributed by atoms with E-state index in [9.17, 15) is 4.79 Å². The quantitative estimate of drug-likeness (QED) is 0.676. The lowest BCUT2D eigenvalue weighted by atomic mass is 10.2. The van der Waals surface area contributed by atoms with E-state index in [0.29, 0.717) is 25.9 Å². The zero-order valence-corrected chi connectivity index (χ0v) is 15.7. The fourth-order valence-corrected chi connectivity index (χ4v) is 3.86. The molecule has 3 aromatic heterocycles. The average molecular weight is 380 g/mol. The molecule has 1 amide bonds. The monoisotopic (exact) mass is 380 g/mol. The van der Waals surface area contributed by atoms with Crippen LogP contribution in [0.5, 0.6) is 0 Å². The molecule has 1 saturated heterocycles. The molecule has 0 N–H and O–H groups in total. The lowest BCUT2D eigenvalue weighted by Crippen LogP contribution is -2.49. The Kier molecular flexibility index (Phi) is 5.34. The number of thiazole rings is 1. The fraction of sp³-hybridized carbons (Fsp3) is 0.316. The van der Waals surface area contributed by atoms with E-state index in [0.717, 1.165) is 35.4 Å². The van der Waals surface area contributed by atoms with Crippen LogP contribution >= 0.6 is 11.3 Å². The zero-order chi connectivity index (χ0) is 18.5. The molecule has 1 aliphatic heterocycles. The Bertz CT molecular complexity index is 877. The number of piperazine rings is 1. The molecule has 4 heterocycles. The molecule has 138 valence electrons. The molecular formula is C19H20N6OS. The Balaban J connectivity index is 1.27. The lowest BCUT2D eigenvalue weighted by Gasteiger charge is -2.34. The number of carbonyl (C=O) groups is 1. The number of hydrogen-bond acceptors (Lipinski definition) is 7. The Morgan fingerprint density at radius 1 is 1.00 bits per heavy atom. The van der Waals surface area contributed by atoms with E-state index in [1.54, 1.807) is 36.0 Å². The highest BCUT2D eigenvalue weighted by Crippen LogP contribution is 2.22. The number of aryl methyl sites for hydroxylation is 1. The van der Waals surface area contributed by atoms with Crippen molar-refractivity contribution in [3.05, 3.63) is 53.9 Å². The Morgan fingerprint density at radius 2 is 1.78 bits per heavy atom. The van der Waals surface area contributed by atoms with Crippen molar-refractivity contribution >= 4 is 23.2 Å². The zero-order valence-electron chi connectivity index (χ0n) is 14.9. The molecule has 8 heteroatoms. The van der Waals surface area contributed by atoms with Crippen LogP contribution in [0.3, 0.4) is 0 Å². The summed E-state index contributed by atoms with van der Waals surface area (Å²) in [4.78, 5) is 34.0. The second-order valence-corrected chi connectivity index (χ2v) is 7.13. The molecule has 4 rings (SSSR count). The summed E-state index contributed by atoms with van der Waals surface area (Å²) in [7, 11) is 0. The number of nitrogens with zero attached hydrogens (tertiary/aromatic N) is 6. The molecule has 0 saturated carbocycles. The molecule has 27 heavy (non-hydrogen) atoms. The van der Waals surface area contributed by atoms with Gasteiger partial charge in [-0.3, -0.25) is 9.78 Å². The van der Waals surface area contributed by atoms with E-state index in [4.69, 9.17) is 0 Å². The van der Waals surface area contributed by atoms with Gasteiger partial charge in [0.1, 0.15) is 5.01 Å². The van der Waals surface area contributed by atoms with Gasteiger partial charge in [0, 0.05) is 56.6 Å². The summed E-state index contributed by atoms with van der Waals surface area (Å²) in [5.41, 5.74) is 1.82. The molecule has 0 atom stereocenters. The van der Waals surface area contributed by atoms with Crippen molar-refractivity contribution in [2.75, 3.05) is 31.1 Å². The largest absolute Gasteiger partial charge is 0.339 e. The van der Waals surface area contributed by atoms with Crippen LogP contribution in [0, 0.1) is 0 Å². The Labute approximate surface area is 161 Å². The van der Waals surface area contributed by atoms with Crippen LogP contribution < -0.4 is 4.90 Å². The molecule has 0 spiro atoms. The first-order valence-corrected chi connectivity index (χ1v) is 9.83. The normalized spacial score (nSPS) is 14.4. The number of pyridine rings is 1. The van der Waals surface area contributed by atoms with Crippen LogP contribution in [-0.2, 0) is 11.2 Å². The third-order valence-corrected chi connectivity index (χ3v) is 5.41. The van der Waals surface area contributed by atoms with E-state index >= 15 is 0 Å². The minimum atomic E-state index is 0.177. The van der Waals surface area contributed by atoms with E-state index in [1.165, 1.54) is 0 Å². The molecule has 0 aromatic carbocycles. The molecule has 1 fully saturated rings. The summed E-state index contributed by atoms with van der Waals surface area (Å²) in [6.45, 7) is 2.92. The fourth-order valence-electron chi connectivity index (χ4n) is 3.03. The van der Waals surface area contributed by atoms with Crippen LogP contribution in [-0.4, -0.2) is 56.9 Å². The van der Waals surface area contributed by atoms with Gasteiger partial charge in [-0.1, -0.05) is 6.07 Å². The number of carbonyl (C=O) groups excluding carboxylic acids is 1. The Hall–Kier alpha value is -2.87. The van der Waals surface area contributed by atoms with Gasteiger partial charge in [0.15, 0.2) is 0 Å². The highest BCUT2D eigenvalue weighted by molar-refractivity contribution is 7.13. The molecule has 0 bridgehead atoms. The highest BCUT2D eigenvalue weighted by Gasteiger charge is 2.22. The minimum Gasteiger partial charge on any atom is -0.339 e. The predicted octanol–water partition coefficient (Wildman–Crippen LogP) is 2.28. The summed E-state index contributed by atoms with van der Waals surface area (Å²) in [6.07, 6.45) is 6.39. The first-order valence-electron chi connectivity index (χ1n) is 8.95. The SMILES string of the molecule is O=C(CCc1csc(-c2ccccn2)n1)N1CCN(c2ncccn2)CC1. The smallest absolute Gasteiger partial charge is 0.225 e. The maximum Gasteiger partial charge on any atom is 0.225 e. The maximum atomic E-state index is 12.5. The standard InChI is InChI=1S/C19H20N6OS/c26-17(24-10-12-25(13-11-24)19-21-8-3-9-22-19)6-5-15-14-27-18(23-15)16-4-1-2-7-20-16/h1-4,7-9,14H,5-6,10-13H2. The maximum absolute atomic E-state index is 12.5. The first-order chi connectivity index (χ1) is 13.3. The molecule has 0 radical (unpaired) electrons. The number of hydrogen-bond donors (Lipinski definition) is 0. The molecule has 1 aliphatic rings. The van der Waals surface area contributed by atoms with Crippen LogP contribution in [0.25, 0.3) is 10.7 Å². The van der Waals surface area contributed by atoms with Gasteiger partial charge in [-0.15, -0.1) is 11.3 Å². The van der Waals surface area contributed by atoms with E-state index in [1.807, 2.05) is 28.5 Å². The van der Waals surface area contributed by atoms with Crippen molar-refractivity contribution in [2.45, 2.75) is 12.8 Å². The van der Waals surface area contributed by atoms with E-state index < -0.39 is 0 Å². The second kappa shape index (κ2) is 8.22. The third kappa shape index (κ3) is 4.28. The van der Waals surface area contributed by atoms with Gasteiger partial charge >= 0.3 is 0 Å². The summed E-state index contributed by atoms with van der Waals surface area (Å²) in [5, 5.41) is 2.91. The Morgan fingerprint density at radius 3 is 2.52 bits per heavy atom. The lowest BCUT2D eigenvalue weighted by molar-refractivity contribution is -0.131. The molecule has 0 unspecified atom stereocenters. The van der Waals surface area contributed by atoms with Crippen molar-refractivity contribution < 1.29 is 4.79 Å². The van der Waals surface area contributed by atoms with Gasteiger partial charge in [0.05, 0.1) is 11.4 Å². The number of rotatable bonds is 5. The van der Waals surface area contributed by atoms with Crippen LogP contribution in [0.4, 0.5) is 5.95 Å². The number of anilines is 1. The van der Waals surface area contributed by atoms with E-state index in [2.05, 4.69) is 24.8 Å². The van der Waals surface area contributed by atoms with Crippen molar-refractivity contribution in [3.8, 4) is 10.7 Å². The van der Waals surface area contributed by atoms with Crippen molar-refractivity contribution in [3.63, 3.8) is 0 Å². The summed E-state index contributed by atoms with van der Waals surface area (Å²) >= 11 is 1.57. The number of aromatic nitrogens is 4. The average Bonchev–Trinajstić information content (AvgIpc) is 3.22. The van der Waals surface area contributed by atoms with Gasteiger partial charge in [-0.25, -0.2) is 15.0 Å². The van der Waals surface area contributed by atoms with Gasteiger partial charge in [-0.2, -0.15) is 0 Å². The topological polar surface area (TPSA) is 75.1 Å². The van der Waals surface area contributed by atoms with Crippen molar-refractivity contribution in [2.24, 2.45) is 0 Å². The van der Waals surface area contributed by atoms with Gasteiger partial charge in [-0.05, 0) is 24.6 Å². The van der Waals surface area contributed by atoms with Crippen LogP contribution in [0.1, 0.15) is 12.1 Å². The molecular weight excluding hydrogens is 360 g/mol. The van der Waals surface area contributed by atoms with Gasteiger partial charge < -0.3 is 9.80 Å². The summed E-state index contributed by atoms with van der Waals surface area (Å²) in [6, 6.07) is 7.60. The summed E-state index contributed by atoms with van der Waals surface area (Å²) < 4.78 is 0. The molecule has 3 aromatic rings. The highest BCUT2D eigenvalue weighted by atomic mass is 32.1. The molecule has 7 nitrogen and oxygen atoms in total. The first kappa shape index (κ1) is 17.5. The van der Waals surface area contributed by atoms with Crippen molar-refractivity contribution in [1.29, 1.82) is 0 Å². The number of amides is 1. The summed E-state index contributed by atoms with van der Waals surface area (Å²) in [5.74, 6) is 0.908. The van der Waals surface area contributed by atoms with Crippen molar-refractivity contribution in [1.82, 2.24) is 24.8 Å². The van der Waals surface area contributed by atoms with Gasteiger partial charge in [0.2, 0.25) is 11.9 Å². The molecule has 0 aliphatic carbocycles. The van der Waals surface area contributed by atoms with Crippen LogP contribution in [0.15, 0.2) is 48.2 Å². The second-order valence-electron chi connectivity index (χ2n) is 6.28. The predicted molar refractivity (Wildman–Crippen MR) is 104 cm³/mol.